The van der Waals surface area contributed by atoms with Crippen LogP contribution in [0.2, 0.25) is 5.02 Å². The molecule has 2 aliphatic heterocycles. The van der Waals surface area contributed by atoms with E-state index in [0.717, 1.165) is 17.1 Å². The molecule has 3 aromatic rings. The number of alkyl halides is 3. The lowest BCUT2D eigenvalue weighted by Crippen LogP contribution is -2.41. The number of halogens is 4. The molecule has 47 heavy (non-hydrogen) atoms. The lowest BCUT2D eigenvalue weighted by Gasteiger charge is -2.39. The van der Waals surface area contributed by atoms with Gasteiger partial charge in [-0.15, -0.1) is 0 Å². The SMILES string of the molecule is CCOC(=O)[C@@H]1CC2(CCN(c3cc(O[C@H](c4ccc(Cl)cc4-c4cccc(S(=O)(=O)N(C)C)c4)C(F)(F)F)nc(N)n3)CC2)CN1. The molecule has 0 amide bonds. The molecule has 16 heteroatoms. The van der Waals surface area contributed by atoms with Crippen molar-refractivity contribution in [2.45, 2.75) is 49.4 Å². The number of hydrogen-bond donors (Lipinski definition) is 2. The van der Waals surface area contributed by atoms with Gasteiger partial charge >= 0.3 is 12.1 Å². The number of piperidine rings is 1. The van der Waals surface area contributed by atoms with Gasteiger partial charge in [0.2, 0.25) is 28.0 Å². The molecule has 2 fully saturated rings. The van der Waals surface area contributed by atoms with Crippen LogP contribution in [0.25, 0.3) is 11.1 Å². The smallest absolute Gasteiger partial charge is 0.429 e. The highest BCUT2D eigenvalue weighted by atomic mass is 35.5. The Balaban J connectivity index is 1.41. The molecule has 0 aliphatic carbocycles. The number of esters is 1. The van der Waals surface area contributed by atoms with Crippen molar-refractivity contribution in [3.8, 4) is 17.0 Å². The van der Waals surface area contributed by atoms with Gasteiger partial charge in [-0.05, 0) is 67.0 Å². The third-order valence-corrected chi connectivity index (χ3v) is 10.6. The van der Waals surface area contributed by atoms with Crippen molar-refractivity contribution < 1.29 is 35.9 Å². The Hall–Kier alpha value is -3.66. The molecular weight excluding hydrogens is 661 g/mol. The first-order valence-electron chi connectivity index (χ1n) is 15.0. The maximum Gasteiger partial charge on any atom is 0.429 e. The first-order valence-corrected chi connectivity index (χ1v) is 16.8. The number of sulfonamides is 1. The van der Waals surface area contributed by atoms with Crippen molar-refractivity contribution >= 4 is 39.4 Å². The maximum absolute atomic E-state index is 14.7. The Morgan fingerprint density at radius 1 is 1.17 bits per heavy atom. The monoisotopic (exact) mass is 696 g/mol. The number of carbonyl (C=O) groups is 1. The largest absolute Gasteiger partial charge is 0.465 e. The molecular formula is C31H36ClF3N6O5S. The quantitative estimate of drug-likeness (QED) is 0.299. The zero-order chi connectivity index (χ0) is 34.1. The van der Waals surface area contributed by atoms with Gasteiger partial charge in [0.15, 0.2) is 0 Å². The Kier molecular flexibility index (Phi) is 9.92. The molecule has 3 heterocycles. The molecule has 0 bridgehead atoms. The minimum absolute atomic E-state index is 0.0329. The van der Waals surface area contributed by atoms with Crippen molar-refractivity contribution in [3.63, 3.8) is 0 Å². The second-order valence-corrected chi connectivity index (χ2v) is 14.5. The molecule has 11 nitrogen and oxygen atoms in total. The average Bonchev–Trinajstić information content (AvgIpc) is 3.43. The van der Waals surface area contributed by atoms with Gasteiger partial charge in [0.1, 0.15) is 11.9 Å². The molecule has 2 aromatic carbocycles. The molecule has 2 saturated heterocycles. The fraction of sp³-hybridized carbons (Fsp3) is 0.452. The summed E-state index contributed by atoms with van der Waals surface area (Å²) in [6.45, 7) is 3.79. The van der Waals surface area contributed by atoms with Crippen molar-refractivity contribution in [2.75, 3.05) is 51.0 Å². The normalized spacial score (nSPS) is 18.8. The number of benzene rings is 2. The second kappa shape index (κ2) is 13.5. The summed E-state index contributed by atoms with van der Waals surface area (Å²) in [5, 5.41) is 3.40. The molecule has 1 aromatic heterocycles. The third kappa shape index (κ3) is 7.58. The maximum atomic E-state index is 14.7. The zero-order valence-electron chi connectivity index (χ0n) is 26.1. The summed E-state index contributed by atoms with van der Waals surface area (Å²) in [5.41, 5.74) is 5.77. The molecule has 254 valence electrons. The minimum atomic E-state index is -4.92. The minimum Gasteiger partial charge on any atom is -0.465 e. The van der Waals surface area contributed by atoms with E-state index in [9.17, 15) is 26.4 Å². The van der Waals surface area contributed by atoms with Gasteiger partial charge in [0.25, 0.3) is 0 Å². The van der Waals surface area contributed by atoms with E-state index in [1.165, 1.54) is 62.6 Å². The number of rotatable bonds is 9. The summed E-state index contributed by atoms with van der Waals surface area (Å²) in [6, 6.07) is 10.4. The lowest BCUT2D eigenvalue weighted by atomic mass is 9.76. The van der Waals surface area contributed by atoms with E-state index in [2.05, 4.69) is 15.3 Å². The summed E-state index contributed by atoms with van der Waals surface area (Å²) in [4.78, 5) is 22.3. The van der Waals surface area contributed by atoms with Crippen LogP contribution in [-0.2, 0) is 19.6 Å². The Morgan fingerprint density at radius 2 is 1.89 bits per heavy atom. The molecule has 0 radical (unpaired) electrons. The van der Waals surface area contributed by atoms with Crippen LogP contribution in [-0.4, -0.2) is 81.2 Å². The topological polar surface area (TPSA) is 140 Å². The summed E-state index contributed by atoms with van der Waals surface area (Å²) < 4.78 is 81.5. The zero-order valence-corrected chi connectivity index (χ0v) is 27.6. The number of nitrogens with two attached hydrogens (primary N) is 1. The number of hydrogen-bond acceptors (Lipinski definition) is 10. The Labute approximate surface area is 276 Å². The van der Waals surface area contributed by atoms with Crippen LogP contribution in [0.4, 0.5) is 24.9 Å². The van der Waals surface area contributed by atoms with Crippen LogP contribution in [0.15, 0.2) is 53.4 Å². The molecule has 3 N–H and O–H groups in total. The number of nitrogens with one attached hydrogen (secondary N) is 1. The van der Waals surface area contributed by atoms with Gasteiger partial charge in [-0.25, -0.2) is 12.7 Å². The number of anilines is 2. The predicted molar refractivity (Wildman–Crippen MR) is 171 cm³/mol. The lowest BCUT2D eigenvalue weighted by molar-refractivity contribution is -0.198. The number of ether oxygens (including phenoxy) is 2. The fourth-order valence-corrected chi connectivity index (χ4v) is 7.16. The first-order chi connectivity index (χ1) is 22.1. The van der Waals surface area contributed by atoms with E-state index < -0.39 is 22.3 Å². The summed E-state index contributed by atoms with van der Waals surface area (Å²) in [7, 11) is -1.16. The molecule has 2 atom stereocenters. The molecule has 0 unspecified atom stereocenters. The van der Waals surface area contributed by atoms with Crippen molar-refractivity contribution in [1.82, 2.24) is 19.6 Å². The number of nitrogens with zero attached hydrogens (tertiary/aromatic N) is 4. The van der Waals surface area contributed by atoms with Gasteiger partial charge in [-0.1, -0.05) is 29.8 Å². The van der Waals surface area contributed by atoms with Gasteiger partial charge in [-0.2, -0.15) is 23.1 Å². The van der Waals surface area contributed by atoms with E-state index in [4.69, 9.17) is 26.8 Å². The number of carbonyl (C=O) groups excluding carboxylic acids is 1. The predicted octanol–water partition coefficient (Wildman–Crippen LogP) is 4.82. The van der Waals surface area contributed by atoms with E-state index in [1.54, 1.807) is 6.92 Å². The third-order valence-electron chi connectivity index (χ3n) is 8.54. The highest BCUT2D eigenvalue weighted by molar-refractivity contribution is 7.89. The van der Waals surface area contributed by atoms with Crippen LogP contribution in [0.5, 0.6) is 5.88 Å². The van der Waals surface area contributed by atoms with Crippen LogP contribution < -0.4 is 20.7 Å². The Morgan fingerprint density at radius 3 is 2.55 bits per heavy atom. The summed E-state index contributed by atoms with van der Waals surface area (Å²) in [6.07, 6.45) is -5.35. The first kappa shape index (κ1) is 34.7. The van der Waals surface area contributed by atoms with E-state index in [0.29, 0.717) is 38.5 Å². The van der Waals surface area contributed by atoms with E-state index in [-0.39, 0.29) is 55.9 Å². The second-order valence-electron chi connectivity index (χ2n) is 11.9. The van der Waals surface area contributed by atoms with Crippen molar-refractivity contribution in [2.24, 2.45) is 5.41 Å². The Bertz CT molecular complexity index is 1730. The van der Waals surface area contributed by atoms with Gasteiger partial charge in [0, 0.05) is 50.4 Å². The molecule has 0 saturated carbocycles. The highest BCUT2D eigenvalue weighted by Crippen LogP contribution is 2.44. The fourth-order valence-electron chi connectivity index (χ4n) is 6.04. The molecule has 2 aliphatic rings. The summed E-state index contributed by atoms with van der Waals surface area (Å²) in [5.74, 6) is -0.605. The van der Waals surface area contributed by atoms with Crippen molar-refractivity contribution in [1.29, 1.82) is 0 Å². The number of nitrogen functional groups attached to an aromatic ring is 1. The van der Waals surface area contributed by atoms with Gasteiger partial charge < -0.3 is 25.4 Å². The van der Waals surface area contributed by atoms with E-state index >= 15 is 0 Å². The average molecular weight is 697 g/mol. The van der Waals surface area contributed by atoms with Crippen LogP contribution in [0, 0.1) is 5.41 Å². The van der Waals surface area contributed by atoms with Gasteiger partial charge in [-0.3, -0.25) is 4.79 Å². The van der Waals surface area contributed by atoms with Crippen LogP contribution in [0.1, 0.15) is 37.9 Å². The number of aromatic nitrogens is 2. The van der Waals surface area contributed by atoms with Crippen LogP contribution in [0.3, 0.4) is 0 Å². The van der Waals surface area contributed by atoms with Crippen LogP contribution >= 0.6 is 11.6 Å². The standard InChI is InChI=1S/C31H36ClF3N6O5S/c1-4-45-28(42)24-17-30(18-37-24)10-12-41(13-11-30)25-16-26(39-29(36)38-25)46-27(31(33,34)35)22-9-8-20(32)15-23(22)19-6-5-7-21(14-19)47(43,44)40(2)3/h5-9,14-16,24,27,37H,4,10-13,17-18H2,1-3H3,(H2,36,38,39)/t24-,27+/m0/s1. The molecule has 1 spiro atoms. The molecule has 5 rings (SSSR count). The van der Waals surface area contributed by atoms with Crippen molar-refractivity contribution in [3.05, 3.63) is 59.1 Å². The van der Waals surface area contributed by atoms with Gasteiger partial charge in [0.05, 0.1) is 11.5 Å². The summed E-state index contributed by atoms with van der Waals surface area (Å²) >= 11 is 6.22. The highest BCUT2D eigenvalue weighted by Gasteiger charge is 2.46. The van der Waals surface area contributed by atoms with E-state index in [1.807, 2.05) is 4.90 Å².